The number of ether oxygens (including phenoxy) is 2. The molecule has 2 aromatic carbocycles. The minimum atomic E-state index is -1.38. The van der Waals surface area contributed by atoms with Gasteiger partial charge in [0.1, 0.15) is 5.75 Å². The number of methoxy groups -OCH3 is 1. The second-order valence-electron chi connectivity index (χ2n) is 7.19. The predicted molar refractivity (Wildman–Crippen MR) is 124 cm³/mol. The molecular formula is C23H24N3NaO7. The molecule has 2 aromatic rings. The van der Waals surface area contributed by atoms with Crippen molar-refractivity contribution >= 4 is 53.2 Å². The zero-order valence-electron chi connectivity index (χ0n) is 18.0. The normalized spacial score (nSPS) is 15.7. The Kier molecular flexibility index (Phi) is 9.67. The maximum absolute atomic E-state index is 12.5. The number of benzene rings is 2. The van der Waals surface area contributed by atoms with Crippen LogP contribution in [-0.2, 0) is 14.4 Å². The van der Waals surface area contributed by atoms with Gasteiger partial charge >= 0.3 is 41.6 Å². The summed E-state index contributed by atoms with van der Waals surface area (Å²) in [4.78, 5) is 49.3. The second-order valence-corrected chi connectivity index (χ2v) is 7.19. The number of nitrogens with one attached hydrogen (secondary N) is 2. The molecule has 1 aliphatic rings. The van der Waals surface area contributed by atoms with Crippen LogP contribution in [0.4, 0.5) is 4.79 Å². The molecule has 11 heteroatoms. The Balaban J connectivity index is 0.00000408. The Morgan fingerprint density at radius 1 is 1.12 bits per heavy atom. The summed E-state index contributed by atoms with van der Waals surface area (Å²) in [7, 11) is 2.97. The molecule has 0 radical (unpaired) electrons. The van der Waals surface area contributed by atoms with Crippen LogP contribution in [0.1, 0.15) is 18.0 Å². The SMILES string of the molecule is COc1ccccc1Oc1cccc([C@H](CC(=O)O)NC(=O)NC2C(=O)C=CN(C)C2=O)c1.[NaH]. The van der Waals surface area contributed by atoms with Crippen molar-refractivity contribution in [2.45, 2.75) is 18.5 Å². The molecule has 0 fully saturated rings. The number of nitrogens with zero attached hydrogens (tertiary/aromatic N) is 1. The minimum absolute atomic E-state index is 0. The van der Waals surface area contributed by atoms with Crippen LogP contribution in [0.25, 0.3) is 0 Å². The molecule has 0 saturated carbocycles. The molecule has 0 saturated heterocycles. The Bertz CT molecular complexity index is 1110. The second kappa shape index (κ2) is 12.2. The number of hydrogen-bond donors (Lipinski definition) is 3. The van der Waals surface area contributed by atoms with Gasteiger partial charge in [-0.3, -0.25) is 14.4 Å². The predicted octanol–water partition coefficient (Wildman–Crippen LogP) is 1.58. The number of hydrogen-bond acceptors (Lipinski definition) is 6. The number of carboxylic acids is 1. The van der Waals surface area contributed by atoms with Gasteiger partial charge in [0.2, 0.25) is 0 Å². The van der Waals surface area contributed by atoms with Crippen LogP contribution < -0.4 is 20.1 Å². The molecule has 1 unspecified atom stereocenters. The zero-order chi connectivity index (χ0) is 24.0. The molecular weight excluding hydrogens is 453 g/mol. The number of carboxylic acid groups (broad SMARTS) is 1. The molecule has 3 N–H and O–H groups in total. The van der Waals surface area contributed by atoms with Gasteiger partial charge in [-0.1, -0.05) is 24.3 Å². The van der Waals surface area contributed by atoms with Gasteiger partial charge < -0.3 is 30.1 Å². The number of amides is 3. The Hall–Kier alpha value is -3.34. The average Bonchev–Trinajstić information content (AvgIpc) is 2.79. The molecule has 1 aliphatic heterocycles. The van der Waals surface area contributed by atoms with E-state index in [1.54, 1.807) is 48.5 Å². The number of likely N-dealkylation sites (N-methyl/N-ethyl adjacent to an activating group) is 1. The standard InChI is InChI=1S/C23H23N3O7.Na.H/c1-26-11-10-17(27)21(22(26)30)25-23(31)24-16(13-20(28)29)14-6-5-7-15(12-14)33-19-9-4-3-8-18(19)32-2;;/h3-12,16,21H,13H2,1-2H3,(H,28,29)(H2,24,25,31);;/t16-,21?;;/m0../s1. The van der Waals surface area contributed by atoms with Gasteiger partial charge in [-0.05, 0) is 29.8 Å². The van der Waals surface area contributed by atoms with Crippen LogP contribution in [0, 0.1) is 0 Å². The van der Waals surface area contributed by atoms with Crippen LogP contribution in [0.3, 0.4) is 0 Å². The van der Waals surface area contributed by atoms with E-state index in [9.17, 15) is 24.3 Å². The topological polar surface area (TPSA) is 134 Å². The third-order valence-corrected chi connectivity index (χ3v) is 4.86. The third kappa shape index (κ3) is 6.83. The number of aliphatic carboxylic acids is 1. The first kappa shape index (κ1) is 26.9. The van der Waals surface area contributed by atoms with Crippen LogP contribution >= 0.6 is 0 Å². The molecule has 0 aromatic heterocycles. The Morgan fingerprint density at radius 2 is 1.82 bits per heavy atom. The van der Waals surface area contributed by atoms with Crippen molar-refractivity contribution < 1.29 is 33.8 Å². The van der Waals surface area contributed by atoms with Crippen LogP contribution in [0.2, 0.25) is 0 Å². The molecule has 0 aliphatic carbocycles. The van der Waals surface area contributed by atoms with Crippen LogP contribution in [-0.4, -0.2) is 83.5 Å². The summed E-state index contributed by atoms with van der Waals surface area (Å²) in [6, 6.07) is 10.4. The van der Waals surface area contributed by atoms with Crippen molar-refractivity contribution in [2.75, 3.05) is 14.2 Å². The molecule has 10 nitrogen and oxygen atoms in total. The first-order valence-electron chi connectivity index (χ1n) is 9.97. The van der Waals surface area contributed by atoms with Gasteiger partial charge in [-0.2, -0.15) is 0 Å². The summed E-state index contributed by atoms with van der Waals surface area (Å²) in [5.74, 6) is -0.940. The van der Waals surface area contributed by atoms with Crippen molar-refractivity contribution in [3.63, 3.8) is 0 Å². The number of rotatable bonds is 8. The summed E-state index contributed by atoms with van der Waals surface area (Å²) < 4.78 is 11.1. The summed E-state index contributed by atoms with van der Waals surface area (Å²) in [5, 5.41) is 14.2. The maximum atomic E-state index is 12.5. The van der Waals surface area contributed by atoms with E-state index in [2.05, 4.69) is 10.6 Å². The molecule has 0 spiro atoms. The average molecular weight is 477 g/mol. The van der Waals surface area contributed by atoms with E-state index < -0.39 is 42.2 Å². The van der Waals surface area contributed by atoms with E-state index in [0.29, 0.717) is 22.8 Å². The van der Waals surface area contributed by atoms with E-state index in [1.165, 1.54) is 31.3 Å². The van der Waals surface area contributed by atoms with Gasteiger partial charge in [0.15, 0.2) is 23.3 Å². The summed E-state index contributed by atoms with van der Waals surface area (Å²) in [5.41, 5.74) is 0.457. The number of urea groups is 1. The summed E-state index contributed by atoms with van der Waals surface area (Å²) in [6.45, 7) is 0. The fraction of sp³-hybridized carbons (Fsp3) is 0.217. The number of carbonyl (C=O) groups is 4. The molecule has 174 valence electrons. The molecule has 3 amide bonds. The van der Waals surface area contributed by atoms with Crippen molar-refractivity contribution in [2.24, 2.45) is 0 Å². The summed E-state index contributed by atoms with van der Waals surface area (Å²) >= 11 is 0. The van der Waals surface area contributed by atoms with E-state index >= 15 is 0 Å². The van der Waals surface area contributed by atoms with Crippen LogP contribution in [0.15, 0.2) is 60.8 Å². The van der Waals surface area contributed by atoms with E-state index in [-0.39, 0.29) is 29.6 Å². The Morgan fingerprint density at radius 3 is 2.50 bits per heavy atom. The van der Waals surface area contributed by atoms with Gasteiger partial charge in [-0.15, -0.1) is 0 Å². The Labute approximate surface area is 218 Å². The molecule has 0 bridgehead atoms. The first-order chi connectivity index (χ1) is 15.8. The molecule has 1 heterocycles. The van der Waals surface area contributed by atoms with E-state index in [4.69, 9.17) is 9.47 Å². The quantitative estimate of drug-likeness (QED) is 0.388. The van der Waals surface area contributed by atoms with Crippen molar-refractivity contribution in [1.82, 2.24) is 15.5 Å². The number of carbonyl (C=O) groups excluding carboxylic acids is 3. The van der Waals surface area contributed by atoms with E-state index in [0.717, 1.165) is 0 Å². The van der Waals surface area contributed by atoms with Crippen molar-refractivity contribution in [3.05, 3.63) is 66.4 Å². The van der Waals surface area contributed by atoms with Crippen LogP contribution in [0.5, 0.6) is 17.2 Å². The van der Waals surface area contributed by atoms with Gasteiger partial charge in [0.25, 0.3) is 5.91 Å². The molecule has 34 heavy (non-hydrogen) atoms. The fourth-order valence-electron chi connectivity index (χ4n) is 3.20. The number of para-hydroxylation sites is 2. The van der Waals surface area contributed by atoms with Gasteiger partial charge in [0.05, 0.1) is 19.6 Å². The summed E-state index contributed by atoms with van der Waals surface area (Å²) in [6.07, 6.45) is 2.05. The van der Waals surface area contributed by atoms with Gasteiger partial charge in [-0.25, -0.2) is 4.79 Å². The van der Waals surface area contributed by atoms with E-state index in [1.807, 2.05) is 0 Å². The number of ketones is 1. The monoisotopic (exact) mass is 477 g/mol. The van der Waals surface area contributed by atoms with Gasteiger partial charge in [0, 0.05) is 19.3 Å². The first-order valence-corrected chi connectivity index (χ1v) is 9.97. The molecule has 2 atom stereocenters. The fourth-order valence-corrected chi connectivity index (χ4v) is 3.20. The zero-order valence-corrected chi connectivity index (χ0v) is 18.0. The van der Waals surface area contributed by atoms with Crippen molar-refractivity contribution in [1.29, 1.82) is 0 Å². The van der Waals surface area contributed by atoms with Crippen molar-refractivity contribution in [3.8, 4) is 17.2 Å². The third-order valence-electron chi connectivity index (χ3n) is 4.86. The molecule has 3 rings (SSSR count).